The van der Waals surface area contributed by atoms with Crippen molar-refractivity contribution in [3.05, 3.63) is 35.4 Å². The van der Waals surface area contributed by atoms with Crippen molar-refractivity contribution in [1.29, 1.82) is 0 Å². The van der Waals surface area contributed by atoms with E-state index < -0.39 is 12.1 Å². The summed E-state index contributed by atoms with van der Waals surface area (Å²) in [4.78, 5) is 40.1. The molecule has 0 radical (unpaired) electrons. The standard InChI is InChI=1S/C22H34N4O3/c1-15(2)14-18(25-20(27)17-9-7-16(3)8-10-17)22(29)26-13-4-6-19(26)21(28)24-12-5-11-23/h7-10,15,18-19H,4-6,11-14,23H2,1-3H3,(H,24,28)(H,25,27)/t18-,19-/m0/s1. The van der Waals surface area contributed by atoms with E-state index in [0.717, 1.165) is 12.0 Å². The van der Waals surface area contributed by atoms with Crippen molar-refractivity contribution in [1.82, 2.24) is 15.5 Å². The predicted molar refractivity (Wildman–Crippen MR) is 113 cm³/mol. The first-order valence-electron chi connectivity index (χ1n) is 10.5. The SMILES string of the molecule is Cc1ccc(C(=O)N[C@@H](CC(C)C)C(=O)N2CCC[C@H]2C(=O)NCCCN)cc1. The molecule has 0 saturated carbocycles. The number of nitrogens with zero attached hydrogens (tertiary/aromatic N) is 1. The van der Waals surface area contributed by atoms with Crippen molar-refractivity contribution < 1.29 is 14.4 Å². The van der Waals surface area contributed by atoms with Crippen LogP contribution >= 0.6 is 0 Å². The van der Waals surface area contributed by atoms with E-state index in [1.807, 2.05) is 32.9 Å². The largest absolute Gasteiger partial charge is 0.354 e. The van der Waals surface area contributed by atoms with Gasteiger partial charge < -0.3 is 21.3 Å². The highest BCUT2D eigenvalue weighted by atomic mass is 16.2. The topological polar surface area (TPSA) is 105 Å². The Balaban J connectivity index is 2.09. The summed E-state index contributed by atoms with van der Waals surface area (Å²) in [5, 5.41) is 5.76. The first-order chi connectivity index (χ1) is 13.8. The van der Waals surface area contributed by atoms with Gasteiger partial charge in [0.25, 0.3) is 5.91 Å². The zero-order chi connectivity index (χ0) is 21.4. The average Bonchev–Trinajstić information content (AvgIpc) is 3.17. The third-order valence-corrected chi connectivity index (χ3v) is 5.14. The minimum atomic E-state index is -0.652. The molecule has 0 aromatic heterocycles. The molecule has 160 valence electrons. The Labute approximate surface area is 173 Å². The quantitative estimate of drug-likeness (QED) is 0.546. The summed E-state index contributed by atoms with van der Waals surface area (Å²) in [5.41, 5.74) is 7.07. The van der Waals surface area contributed by atoms with Crippen LogP contribution in [0.5, 0.6) is 0 Å². The molecular formula is C22H34N4O3. The zero-order valence-corrected chi connectivity index (χ0v) is 17.7. The van der Waals surface area contributed by atoms with Gasteiger partial charge in [0.05, 0.1) is 0 Å². The molecule has 0 spiro atoms. The van der Waals surface area contributed by atoms with Crippen molar-refractivity contribution in [2.75, 3.05) is 19.6 Å². The molecule has 0 unspecified atom stereocenters. The molecule has 1 aliphatic rings. The van der Waals surface area contributed by atoms with Crippen LogP contribution in [0.15, 0.2) is 24.3 Å². The van der Waals surface area contributed by atoms with Gasteiger partial charge in [0.2, 0.25) is 11.8 Å². The summed E-state index contributed by atoms with van der Waals surface area (Å²) in [6.07, 6.45) is 2.64. The van der Waals surface area contributed by atoms with Crippen molar-refractivity contribution in [2.45, 2.75) is 58.5 Å². The predicted octanol–water partition coefficient (Wildman–Crippen LogP) is 1.60. The Morgan fingerprint density at radius 3 is 2.52 bits per heavy atom. The Morgan fingerprint density at radius 2 is 1.90 bits per heavy atom. The Kier molecular flexibility index (Phi) is 8.64. The fourth-order valence-corrected chi connectivity index (χ4v) is 3.57. The number of nitrogens with one attached hydrogen (secondary N) is 2. The summed E-state index contributed by atoms with van der Waals surface area (Å²) in [6, 6.07) is 6.12. The number of hydrogen-bond donors (Lipinski definition) is 3. The number of hydrogen-bond acceptors (Lipinski definition) is 4. The third-order valence-electron chi connectivity index (χ3n) is 5.14. The molecule has 3 amide bonds. The van der Waals surface area contributed by atoms with E-state index in [1.54, 1.807) is 17.0 Å². The lowest BCUT2D eigenvalue weighted by Crippen LogP contribution is -2.54. The number of benzene rings is 1. The highest BCUT2D eigenvalue weighted by Gasteiger charge is 2.37. The number of rotatable bonds is 9. The van der Waals surface area contributed by atoms with Gasteiger partial charge in [0, 0.05) is 18.7 Å². The van der Waals surface area contributed by atoms with Gasteiger partial charge in [-0.05, 0) is 57.2 Å². The van der Waals surface area contributed by atoms with Crippen LogP contribution in [0.25, 0.3) is 0 Å². The van der Waals surface area contributed by atoms with Gasteiger partial charge >= 0.3 is 0 Å². The van der Waals surface area contributed by atoms with Gasteiger partial charge in [-0.15, -0.1) is 0 Å². The summed E-state index contributed by atoms with van der Waals surface area (Å²) in [5.74, 6) is -0.373. The molecule has 2 atom stereocenters. The summed E-state index contributed by atoms with van der Waals surface area (Å²) in [6.45, 7) is 7.53. The molecule has 4 N–H and O–H groups in total. The maximum Gasteiger partial charge on any atom is 0.251 e. The second-order valence-corrected chi connectivity index (χ2v) is 8.14. The second-order valence-electron chi connectivity index (χ2n) is 8.14. The van der Waals surface area contributed by atoms with Crippen molar-refractivity contribution in [3.8, 4) is 0 Å². The van der Waals surface area contributed by atoms with Crippen LogP contribution in [-0.2, 0) is 9.59 Å². The highest BCUT2D eigenvalue weighted by molar-refractivity contribution is 5.98. The molecule has 0 bridgehead atoms. The number of carbonyl (C=O) groups is 3. The van der Waals surface area contributed by atoms with Gasteiger partial charge in [-0.1, -0.05) is 31.5 Å². The summed E-state index contributed by atoms with van der Waals surface area (Å²) >= 11 is 0. The number of likely N-dealkylation sites (tertiary alicyclic amines) is 1. The van der Waals surface area contributed by atoms with Crippen molar-refractivity contribution >= 4 is 17.7 Å². The molecular weight excluding hydrogens is 368 g/mol. The number of nitrogens with two attached hydrogens (primary N) is 1. The van der Waals surface area contributed by atoms with Crippen LogP contribution in [0, 0.1) is 12.8 Å². The molecule has 29 heavy (non-hydrogen) atoms. The Morgan fingerprint density at radius 1 is 1.21 bits per heavy atom. The molecule has 1 aromatic carbocycles. The van der Waals surface area contributed by atoms with Crippen LogP contribution in [0.3, 0.4) is 0 Å². The lowest BCUT2D eigenvalue weighted by Gasteiger charge is -2.29. The van der Waals surface area contributed by atoms with E-state index in [-0.39, 0.29) is 23.6 Å². The first-order valence-corrected chi connectivity index (χ1v) is 10.5. The number of carbonyl (C=O) groups excluding carboxylic acids is 3. The lowest BCUT2D eigenvalue weighted by molar-refractivity contribution is -0.140. The van der Waals surface area contributed by atoms with Crippen LogP contribution in [-0.4, -0.2) is 54.3 Å². The fourth-order valence-electron chi connectivity index (χ4n) is 3.57. The van der Waals surface area contributed by atoms with Crippen LogP contribution < -0.4 is 16.4 Å². The van der Waals surface area contributed by atoms with E-state index in [4.69, 9.17) is 5.73 Å². The molecule has 1 saturated heterocycles. The molecule has 0 aliphatic carbocycles. The van der Waals surface area contributed by atoms with E-state index in [1.165, 1.54) is 0 Å². The Bertz CT molecular complexity index is 703. The highest BCUT2D eigenvalue weighted by Crippen LogP contribution is 2.20. The van der Waals surface area contributed by atoms with Crippen LogP contribution in [0.2, 0.25) is 0 Å². The normalized spacial score (nSPS) is 17.3. The third kappa shape index (κ3) is 6.56. The smallest absolute Gasteiger partial charge is 0.251 e. The van der Waals surface area contributed by atoms with Gasteiger partial charge in [-0.25, -0.2) is 0 Å². The summed E-state index contributed by atoms with van der Waals surface area (Å²) in [7, 11) is 0. The molecule has 1 aliphatic heterocycles. The van der Waals surface area contributed by atoms with Crippen LogP contribution in [0.1, 0.15) is 55.5 Å². The zero-order valence-electron chi connectivity index (χ0n) is 17.7. The molecule has 7 nitrogen and oxygen atoms in total. The van der Waals surface area contributed by atoms with Gasteiger partial charge in [-0.3, -0.25) is 14.4 Å². The van der Waals surface area contributed by atoms with E-state index in [2.05, 4.69) is 10.6 Å². The second kappa shape index (κ2) is 11.0. The van der Waals surface area contributed by atoms with E-state index in [0.29, 0.717) is 44.5 Å². The van der Waals surface area contributed by atoms with Crippen molar-refractivity contribution in [3.63, 3.8) is 0 Å². The van der Waals surface area contributed by atoms with Gasteiger partial charge in [0.15, 0.2) is 0 Å². The maximum atomic E-state index is 13.3. The molecule has 2 rings (SSSR count). The number of aryl methyl sites for hydroxylation is 1. The van der Waals surface area contributed by atoms with E-state index in [9.17, 15) is 14.4 Å². The summed E-state index contributed by atoms with van der Waals surface area (Å²) < 4.78 is 0. The molecule has 7 heteroatoms. The molecule has 1 heterocycles. The maximum absolute atomic E-state index is 13.3. The fraction of sp³-hybridized carbons (Fsp3) is 0.591. The Hall–Kier alpha value is -2.41. The molecule has 1 fully saturated rings. The van der Waals surface area contributed by atoms with Crippen LogP contribution in [0.4, 0.5) is 0 Å². The van der Waals surface area contributed by atoms with Gasteiger partial charge in [0.1, 0.15) is 12.1 Å². The number of amides is 3. The monoisotopic (exact) mass is 402 g/mol. The minimum Gasteiger partial charge on any atom is -0.354 e. The minimum absolute atomic E-state index is 0.141. The van der Waals surface area contributed by atoms with Crippen molar-refractivity contribution in [2.24, 2.45) is 11.7 Å². The molecule has 1 aromatic rings. The van der Waals surface area contributed by atoms with Gasteiger partial charge in [-0.2, -0.15) is 0 Å². The first kappa shape index (κ1) is 22.9. The average molecular weight is 403 g/mol. The van der Waals surface area contributed by atoms with E-state index >= 15 is 0 Å². The lowest BCUT2D eigenvalue weighted by atomic mass is 10.0.